The van der Waals surface area contributed by atoms with E-state index in [1.54, 1.807) is 20.8 Å². The van der Waals surface area contributed by atoms with Crippen LogP contribution in [0.3, 0.4) is 0 Å². The molecule has 1 saturated heterocycles. The second kappa shape index (κ2) is 4.39. The van der Waals surface area contributed by atoms with E-state index in [9.17, 15) is 13.6 Å². The maximum Gasteiger partial charge on any atom is 0.410 e. The zero-order valence-electron chi connectivity index (χ0n) is 9.67. The lowest BCUT2D eigenvalue weighted by Gasteiger charge is -2.36. The van der Waals surface area contributed by atoms with Gasteiger partial charge in [-0.05, 0) is 27.2 Å². The molecule has 1 fully saturated rings. The smallest absolute Gasteiger partial charge is 0.410 e. The van der Waals surface area contributed by atoms with Gasteiger partial charge in [-0.2, -0.15) is 12.6 Å². The standard InChI is InChI=1S/C10H17F2NO2S/c1-9(2,3)15-8(14)13-5-4-7(16)10(11,12)6-13/h7,16H,4-6H2,1-3H3. The summed E-state index contributed by atoms with van der Waals surface area (Å²) in [6.07, 6.45) is -0.512. The van der Waals surface area contributed by atoms with Gasteiger partial charge in [0.15, 0.2) is 0 Å². The Labute approximate surface area is 99.5 Å². The maximum absolute atomic E-state index is 13.3. The fraction of sp³-hybridized carbons (Fsp3) is 0.900. The highest BCUT2D eigenvalue weighted by atomic mass is 32.1. The van der Waals surface area contributed by atoms with Crippen molar-refractivity contribution in [2.45, 2.75) is 44.0 Å². The van der Waals surface area contributed by atoms with Crippen molar-refractivity contribution < 1.29 is 18.3 Å². The SMILES string of the molecule is CC(C)(C)OC(=O)N1CCC(S)C(F)(F)C1. The monoisotopic (exact) mass is 253 g/mol. The van der Waals surface area contributed by atoms with Gasteiger partial charge in [0.25, 0.3) is 5.92 Å². The summed E-state index contributed by atoms with van der Waals surface area (Å²) in [5.41, 5.74) is -0.663. The van der Waals surface area contributed by atoms with E-state index in [0.717, 1.165) is 4.90 Å². The Bertz CT molecular complexity index is 278. The molecule has 94 valence electrons. The van der Waals surface area contributed by atoms with Crippen LogP contribution in [0.2, 0.25) is 0 Å². The number of hydrogen-bond acceptors (Lipinski definition) is 3. The number of rotatable bonds is 0. The van der Waals surface area contributed by atoms with Gasteiger partial charge in [0.05, 0.1) is 11.8 Å². The molecule has 1 amide bonds. The number of amides is 1. The van der Waals surface area contributed by atoms with Crippen LogP contribution in [0.5, 0.6) is 0 Å². The number of likely N-dealkylation sites (tertiary alicyclic amines) is 1. The summed E-state index contributed by atoms with van der Waals surface area (Å²) in [7, 11) is 0. The molecule has 0 radical (unpaired) electrons. The fourth-order valence-electron chi connectivity index (χ4n) is 1.41. The topological polar surface area (TPSA) is 29.5 Å². The molecule has 0 aliphatic carbocycles. The van der Waals surface area contributed by atoms with Crippen molar-refractivity contribution >= 4 is 18.7 Å². The van der Waals surface area contributed by atoms with Crippen LogP contribution in [0.25, 0.3) is 0 Å². The van der Waals surface area contributed by atoms with Crippen LogP contribution in [0.4, 0.5) is 13.6 Å². The molecule has 0 saturated carbocycles. The van der Waals surface area contributed by atoms with Gasteiger partial charge in [0, 0.05) is 6.54 Å². The predicted molar refractivity (Wildman–Crippen MR) is 60.1 cm³/mol. The normalized spacial score (nSPS) is 25.4. The van der Waals surface area contributed by atoms with Gasteiger partial charge in [0.2, 0.25) is 0 Å². The third-order valence-corrected chi connectivity index (χ3v) is 2.85. The predicted octanol–water partition coefficient (Wildman–Crippen LogP) is 2.56. The Morgan fingerprint density at radius 3 is 2.50 bits per heavy atom. The molecule has 1 aliphatic rings. The molecule has 1 rings (SSSR count). The molecule has 1 atom stereocenters. The second-order valence-corrected chi connectivity index (χ2v) is 5.59. The van der Waals surface area contributed by atoms with Crippen molar-refractivity contribution in [2.24, 2.45) is 0 Å². The third-order valence-electron chi connectivity index (χ3n) is 2.21. The number of halogens is 2. The van der Waals surface area contributed by atoms with Crippen LogP contribution in [-0.2, 0) is 4.74 Å². The maximum atomic E-state index is 13.3. The number of hydrogen-bond donors (Lipinski definition) is 1. The van der Waals surface area contributed by atoms with E-state index in [1.807, 2.05) is 0 Å². The Balaban J connectivity index is 2.60. The van der Waals surface area contributed by atoms with Gasteiger partial charge >= 0.3 is 6.09 Å². The lowest BCUT2D eigenvalue weighted by atomic mass is 10.1. The molecule has 1 aliphatic heterocycles. The summed E-state index contributed by atoms with van der Waals surface area (Å²) in [5, 5.41) is -0.980. The van der Waals surface area contributed by atoms with E-state index >= 15 is 0 Å². The molecule has 6 heteroatoms. The molecule has 0 spiro atoms. The molecule has 0 aromatic heterocycles. The fourth-order valence-corrected chi connectivity index (χ4v) is 1.61. The summed E-state index contributed by atoms with van der Waals surface area (Å²) in [6, 6.07) is 0. The van der Waals surface area contributed by atoms with Crippen molar-refractivity contribution in [3.63, 3.8) is 0 Å². The Morgan fingerprint density at radius 1 is 1.50 bits per heavy atom. The lowest BCUT2D eigenvalue weighted by molar-refractivity contribution is -0.0632. The molecule has 1 heterocycles. The number of thiol groups is 1. The highest BCUT2D eigenvalue weighted by Crippen LogP contribution is 2.31. The lowest BCUT2D eigenvalue weighted by Crippen LogP contribution is -2.52. The molecule has 0 N–H and O–H groups in total. The average molecular weight is 253 g/mol. The van der Waals surface area contributed by atoms with Crippen molar-refractivity contribution in [2.75, 3.05) is 13.1 Å². The molecule has 16 heavy (non-hydrogen) atoms. The number of piperidine rings is 1. The van der Waals surface area contributed by atoms with Crippen LogP contribution < -0.4 is 0 Å². The average Bonchev–Trinajstić information content (AvgIpc) is 2.06. The second-order valence-electron chi connectivity index (χ2n) is 4.97. The van der Waals surface area contributed by atoms with Crippen LogP contribution in [0, 0.1) is 0 Å². The number of carbonyl (C=O) groups is 1. The van der Waals surface area contributed by atoms with E-state index in [2.05, 4.69) is 12.6 Å². The highest BCUT2D eigenvalue weighted by molar-refractivity contribution is 7.81. The van der Waals surface area contributed by atoms with Gasteiger partial charge in [-0.25, -0.2) is 13.6 Å². The summed E-state index contributed by atoms with van der Waals surface area (Å²) in [4.78, 5) is 12.6. The van der Waals surface area contributed by atoms with E-state index in [4.69, 9.17) is 4.74 Å². The summed E-state index contributed by atoms with van der Waals surface area (Å²) in [5.74, 6) is -2.95. The van der Waals surface area contributed by atoms with E-state index < -0.39 is 29.4 Å². The summed E-state index contributed by atoms with van der Waals surface area (Å²) < 4.78 is 31.7. The zero-order valence-corrected chi connectivity index (χ0v) is 10.6. The number of ether oxygens (including phenoxy) is 1. The van der Waals surface area contributed by atoms with Crippen LogP contribution in [0.15, 0.2) is 0 Å². The Morgan fingerprint density at radius 2 is 2.06 bits per heavy atom. The third kappa shape index (κ3) is 3.50. The van der Waals surface area contributed by atoms with Crippen molar-refractivity contribution in [1.82, 2.24) is 4.90 Å². The van der Waals surface area contributed by atoms with Gasteiger partial charge in [-0.15, -0.1) is 0 Å². The van der Waals surface area contributed by atoms with Crippen LogP contribution in [-0.4, -0.2) is 40.9 Å². The van der Waals surface area contributed by atoms with Gasteiger partial charge in [-0.1, -0.05) is 0 Å². The minimum absolute atomic E-state index is 0.176. The molecule has 0 bridgehead atoms. The Kier molecular flexibility index (Phi) is 3.72. The summed E-state index contributed by atoms with van der Waals surface area (Å²) >= 11 is 3.81. The van der Waals surface area contributed by atoms with Gasteiger partial charge in [-0.3, -0.25) is 0 Å². The largest absolute Gasteiger partial charge is 0.444 e. The summed E-state index contributed by atoms with van der Waals surface area (Å²) in [6.45, 7) is 4.76. The molecular formula is C10H17F2NO2S. The Hall–Kier alpha value is -0.520. The first-order chi connectivity index (χ1) is 7.12. The van der Waals surface area contributed by atoms with Crippen LogP contribution >= 0.6 is 12.6 Å². The van der Waals surface area contributed by atoms with E-state index in [-0.39, 0.29) is 13.0 Å². The molecule has 1 unspecified atom stereocenters. The van der Waals surface area contributed by atoms with Crippen molar-refractivity contribution in [3.05, 3.63) is 0 Å². The number of nitrogens with zero attached hydrogens (tertiary/aromatic N) is 1. The van der Waals surface area contributed by atoms with Gasteiger partial charge < -0.3 is 9.64 Å². The van der Waals surface area contributed by atoms with Crippen LogP contribution in [0.1, 0.15) is 27.2 Å². The molecule has 0 aromatic rings. The van der Waals surface area contributed by atoms with E-state index in [1.165, 1.54) is 0 Å². The van der Waals surface area contributed by atoms with Crippen molar-refractivity contribution in [3.8, 4) is 0 Å². The first kappa shape index (κ1) is 13.5. The quantitative estimate of drug-likeness (QED) is 0.672. The number of alkyl halides is 2. The van der Waals surface area contributed by atoms with Gasteiger partial charge in [0.1, 0.15) is 5.60 Å². The number of carbonyl (C=O) groups excluding carboxylic acids is 1. The molecule has 3 nitrogen and oxygen atoms in total. The molecular weight excluding hydrogens is 236 g/mol. The first-order valence-electron chi connectivity index (χ1n) is 5.16. The highest BCUT2D eigenvalue weighted by Gasteiger charge is 2.44. The minimum atomic E-state index is -2.95. The first-order valence-corrected chi connectivity index (χ1v) is 5.67. The molecule has 0 aromatic carbocycles. The van der Waals surface area contributed by atoms with E-state index in [0.29, 0.717) is 0 Å². The zero-order chi connectivity index (χ0) is 12.6. The minimum Gasteiger partial charge on any atom is -0.444 e. The van der Waals surface area contributed by atoms with Crippen molar-refractivity contribution in [1.29, 1.82) is 0 Å².